The standard InChI is InChI=1S/C8H4N4O3S2/c13-7-5(17-8(16)11-7)1-4-2-10-6(3-9-4)12(14)15/h1-3H,(H,11,13,16). The van der Waals surface area contributed by atoms with Gasteiger partial charge in [-0.05, 0) is 16.0 Å². The van der Waals surface area contributed by atoms with E-state index in [1.807, 2.05) is 0 Å². The zero-order valence-corrected chi connectivity index (χ0v) is 9.75. The molecule has 1 aromatic rings. The van der Waals surface area contributed by atoms with Crippen LogP contribution in [0.1, 0.15) is 5.69 Å². The molecule has 2 rings (SSSR count). The van der Waals surface area contributed by atoms with Crippen LogP contribution < -0.4 is 5.32 Å². The maximum absolute atomic E-state index is 11.3. The molecule has 1 amide bonds. The van der Waals surface area contributed by atoms with Gasteiger partial charge >= 0.3 is 5.82 Å². The summed E-state index contributed by atoms with van der Waals surface area (Å²) < 4.78 is 0.371. The smallest absolute Gasteiger partial charge is 0.358 e. The first-order valence-corrected chi connectivity index (χ1v) is 5.50. The Morgan fingerprint density at radius 2 is 2.24 bits per heavy atom. The molecular formula is C8H4N4O3S2. The number of carbonyl (C=O) groups excluding carboxylic acids is 1. The lowest BCUT2D eigenvalue weighted by Crippen LogP contribution is -2.17. The number of rotatable bonds is 2. The molecule has 0 spiro atoms. The highest BCUT2D eigenvalue weighted by Crippen LogP contribution is 2.25. The summed E-state index contributed by atoms with van der Waals surface area (Å²) in [7, 11) is 0. The quantitative estimate of drug-likeness (QED) is 0.368. The third-order valence-corrected chi connectivity index (χ3v) is 2.93. The van der Waals surface area contributed by atoms with Crippen LogP contribution in [0.5, 0.6) is 0 Å². The minimum atomic E-state index is -0.643. The fraction of sp³-hybridized carbons (Fsp3) is 0. The Morgan fingerprint density at radius 3 is 2.71 bits per heavy atom. The van der Waals surface area contributed by atoms with E-state index in [0.29, 0.717) is 14.9 Å². The second-order valence-corrected chi connectivity index (χ2v) is 4.63. The second kappa shape index (κ2) is 4.55. The van der Waals surface area contributed by atoms with E-state index in [1.54, 1.807) is 0 Å². The van der Waals surface area contributed by atoms with Crippen LogP contribution in [0.2, 0.25) is 0 Å². The SMILES string of the molecule is O=C1NC(=S)SC1=Cc1cnc([N+](=O)[O-])cn1. The van der Waals surface area contributed by atoms with E-state index in [0.717, 1.165) is 18.0 Å². The van der Waals surface area contributed by atoms with Gasteiger partial charge in [-0.25, -0.2) is 4.98 Å². The zero-order valence-electron chi connectivity index (χ0n) is 8.11. The van der Waals surface area contributed by atoms with Crippen molar-refractivity contribution >= 4 is 46.1 Å². The number of carbonyl (C=O) groups is 1. The lowest BCUT2D eigenvalue weighted by Gasteiger charge is -1.92. The number of thiocarbonyl (C=S) groups is 1. The van der Waals surface area contributed by atoms with Crippen molar-refractivity contribution in [3.05, 3.63) is 33.1 Å². The van der Waals surface area contributed by atoms with Crippen LogP contribution in [0.3, 0.4) is 0 Å². The molecule has 1 aliphatic rings. The molecule has 0 aromatic carbocycles. The molecule has 0 atom stereocenters. The highest BCUT2D eigenvalue weighted by molar-refractivity contribution is 8.26. The summed E-state index contributed by atoms with van der Waals surface area (Å²) in [5.41, 5.74) is 0.359. The van der Waals surface area contributed by atoms with Crippen LogP contribution in [0.25, 0.3) is 6.08 Å². The van der Waals surface area contributed by atoms with Gasteiger partial charge in [-0.15, -0.1) is 0 Å². The van der Waals surface area contributed by atoms with Crippen molar-refractivity contribution < 1.29 is 9.72 Å². The van der Waals surface area contributed by atoms with Crippen molar-refractivity contribution in [2.75, 3.05) is 0 Å². The second-order valence-electron chi connectivity index (χ2n) is 2.91. The average molecular weight is 268 g/mol. The predicted octanol–water partition coefficient (Wildman–Crippen LogP) is 0.874. The number of amides is 1. The van der Waals surface area contributed by atoms with Gasteiger partial charge in [0.15, 0.2) is 6.20 Å². The number of thioether (sulfide) groups is 1. The number of nitro groups is 1. The zero-order chi connectivity index (χ0) is 12.4. The first kappa shape index (κ1) is 11.6. The van der Waals surface area contributed by atoms with Crippen molar-refractivity contribution in [1.29, 1.82) is 0 Å². The molecule has 1 N–H and O–H groups in total. The van der Waals surface area contributed by atoms with E-state index in [9.17, 15) is 14.9 Å². The van der Waals surface area contributed by atoms with E-state index >= 15 is 0 Å². The normalized spacial score (nSPS) is 17.3. The summed E-state index contributed by atoms with van der Waals surface area (Å²) in [6, 6.07) is 0. The lowest BCUT2D eigenvalue weighted by molar-refractivity contribution is -0.389. The molecule has 0 unspecified atom stereocenters. The monoisotopic (exact) mass is 268 g/mol. The Hall–Kier alpha value is -1.87. The number of hydrogen-bond donors (Lipinski definition) is 1. The molecule has 0 bridgehead atoms. The molecule has 0 saturated carbocycles. The number of nitrogens with one attached hydrogen (secondary N) is 1. The van der Waals surface area contributed by atoms with Gasteiger partial charge in [0.05, 0.1) is 4.91 Å². The number of hydrogen-bond acceptors (Lipinski definition) is 7. The Morgan fingerprint density at radius 1 is 1.47 bits per heavy atom. The summed E-state index contributed by atoms with van der Waals surface area (Å²) in [5, 5.41) is 12.8. The van der Waals surface area contributed by atoms with Crippen LogP contribution in [-0.4, -0.2) is 25.1 Å². The van der Waals surface area contributed by atoms with Crippen LogP contribution in [0.4, 0.5) is 5.82 Å². The van der Waals surface area contributed by atoms with Gasteiger partial charge in [0.25, 0.3) is 5.91 Å². The van der Waals surface area contributed by atoms with E-state index in [2.05, 4.69) is 15.3 Å². The Bertz CT molecular complexity index is 540. The molecule has 1 fully saturated rings. The highest BCUT2D eigenvalue weighted by Gasteiger charge is 2.22. The molecule has 1 saturated heterocycles. The number of aromatic nitrogens is 2. The number of nitrogens with zero attached hydrogens (tertiary/aromatic N) is 3. The topological polar surface area (TPSA) is 98.0 Å². The molecule has 17 heavy (non-hydrogen) atoms. The Balaban J connectivity index is 2.24. The van der Waals surface area contributed by atoms with Gasteiger partial charge in [0, 0.05) is 0 Å². The van der Waals surface area contributed by atoms with Gasteiger partial charge in [0.2, 0.25) is 0 Å². The molecule has 1 aromatic heterocycles. The first-order valence-electron chi connectivity index (χ1n) is 4.27. The fourth-order valence-corrected chi connectivity index (χ4v) is 2.08. The van der Waals surface area contributed by atoms with E-state index < -0.39 is 4.92 Å². The summed E-state index contributed by atoms with van der Waals surface area (Å²) in [5.74, 6) is -0.647. The third-order valence-electron chi connectivity index (χ3n) is 1.77. The molecule has 0 aliphatic carbocycles. The summed E-state index contributed by atoms with van der Waals surface area (Å²) in [6.45, 7) is 0. The van der Waals surface area contributed by atoms with Gasteiger partial charge in [-0.2, -0.15) is 0 Å². The fourth-order valence-electron chi connectivity index (χ4n) is 1.06. The molecule has 0 radical (unpaired) electrons. The highest BCUT2D eigenvalue weighted by atomic mass is 32.2. The van der Waals surface area contributed by atoms with Crippen LogP contribution >= 0.6 is 24.0 Å². The minimum Gasteiger partial charge on any atom is -0.358 e. The largest absolute Gasteiger partial charge is 0.382 e. The van der Waals surface area contributed by atoms with E-state index in [1.165, 1.54) is 12.3 Å². The van der Waals surface area contributed by atoms with Gasteiger partial charge in [-0.3, -0.25) is 4.79 Å². The van der Waals surface area contributed by atoms with Crippen molar-refractivity contribution in [3.8, 4) is 0 Å². The van der Waals surface area contributed by atoms with Gasteiger partial charge in [-0.1, -0.05) is 24.0 Å². The Kier molecular flexibility index (Phi) is 3.11. The summed E-state index contributed by atoms with van der Waals surface area (Å²) >= 11 is 5.92. The molecule has 86 valence electrons. The maximum Gasteiger partial charge on any atom is 0.382 e. The third kappa shape index (κ3) is 2.63. The molecule has 1 aliphatic heterocycles. The molecule has 7 nitrogen and oxygen atoms in total. The molecule has 2 heterocycles. The average Bonchev–Trinajstić information content (AvgIpc) is 2.58. The van der Waals surface area contributed by atoms with Crippen molar-refractivity contribution in [2.24, 2.45) is 0 Å². The van der Waals surface area contributed by atoms with Crippen LogP contribution in [-0.2, 0) is 4.79 Å². The first-order chi connectivity index (χ1) is 8.06. The van der Waals surface area contributed by atoms with Gasteiger partial charge < -0.3 is 15.4 Å². The summed E-state index contributed by atoms with van der Waals surface area (Å²) in [4.78, 5) is 28.8. The van der Waals surface area contributed by atoms with Crippen molar-refractivity contribution in [1.82, 2.24) is 15.3 Å². The Labute approximate surface area is 104 Å². The van der Waals surface area contributed by atoms with E-state index in [4.69, 9.17) is 12.2 Å². The summed E-state index contributed by atoms with van der Waals surface area (Å²) in [6.07, 6.45) is 3.72. The lowest BCUT2D eigenvalue weighted by atomic mass is 10.4. The molecular weight excluding hydrogens is 264 g/mol. The maximum atomic E-state index is 11.3. The minimum absolute atomic E-state index is 0.305. The van der Waals surface area contributed by atoms with Crippen molar-refractivity contribution in [3.63, 3.8) is 0 Å². The predicted molar refractivity (Wildman–Crippen MR) is 65.0 cm³/mol. The molecule has 9 heteroatoms. The van der Waals surface area contributed by atoms with Crippen molar-refractivity contribution in [2.45, 2.75) is 0 Å². The van der Waals surface area contributed by atoms with Crippen LogP contribution in [0, 0.1) is 10.1 Å². The van der Waals surface area contributed by atoms with Gasteiger partial charge in [0.1, 0.15) is 16.2 Å². The van der Waals surface area contributed by atoms with Crippen LogP contribution in [0.15, 0.2) is 17.3 Å². The van der Waals surface area contributed by atoms with E-state index in [-0.39, 0.29) is 11.7 Å².